The van der Waals surface area contributed by atoms with Gasteiger partial charge in [0, 0.05) is 5.56 Å². The Morgan fingerprint density at radius 2 is 1.76 bits per heavy atom. The van der Waals surface area contributed by atoms with Crippen molar-refractivity contribution in [2.24, 2.45) is 5.92 Å². The van der Waals surface area contributed by atoms with Crippen molar-refractivity contribution >= 4 is 5.97 Å². The number of benzene rings is 1. The third-order valence-electron chi connectivity index (χ3n) is 2.68. The number of methoxy groups -OCH3 is 2. The van der Waals surface area contributed by atoms with E-state index in [-0.39, 0.29) is 0 Å². The summed E-state index contributed by atoms with van der Waals surface area (Å²) < 4.78 is 10.6. The summed E-state index contributed by atoms with van der Waals surface area (Å²) in [5.74, 6) is 0.0556. The molecule has 0 aliphatic rings. The Morgan fingerprint density at radius 1 is 1.29 bits per heavy atom. The molecule has 1 aromatic carbocycles. The van der Waals surface area contributed by atoms with E-state index in [1.807, 2.05) is 19.1 Å². The molecule has 4 heteroatoms. The second kappa shape index (κ2) is 5.57. The van der Waals surface area contributed by atoms with E-state index in [0.717, 1.165) is 11.1 Å². The summed E-state index contributed by atoms with van der Waals surface area (Å²) in [6.07, 6.45) is 0.391. The second-order valence-electron chi connectivity index (χ2n) is 4.09. The number of aliphatic carboxylic acids is 1. The van der Waals surface area contributed by atoms with Crippen LogP contribution in [0.3, 0.4) is 0 Å². The summed E-state index contributed by atoms with van der Waals surface area (Å²) in [7, 11) is 3.15. The lowest BCUT2D eigenvalue weighted by atomic mass is 9.98. The van der Waals surface area contributed by atoms with Crippen LogP contribution in [-0.2, 0) is 11.2 Å². The Morgan fingerprint density at radius 3 is 2.12 bits per heavy atom. The Hall–Kier alpha value is -1.71. The number of rotatable bonds is 5. The lowest BCUT2D eigenvalue weighted by molar-refractivity contribution is -0.141. The molecule has 0 saturated carbocycles. The van der Waals surface area contributed by atoms with Crippen LogP contribution in [0.1, 0.15) is 18.1 Å². The number of hydrogen-bond donors (Lipinski definition) is 1. The van der Waals surface area contributed by atoms with Gasteiger partial charge in [0.25, 0.3) is 0 Å². The minimum atomic E-state index is -0.824. The van der Waals surface area contributed by atoms with Gasteiger partial charge in [-0.1, -0.05) is 6.92 Å². The highest BCUT2D eigenvalue weighted by atomic mass is 16.5. The molecule has 1 aromatic rings. The second-order valence-corrected chi connectivity index (χ2v) is 4.09. The molecule has 1 atom stereocenters. The largest absolute Gasteiger partial charge is 0.496 e. The highest BCUT2D eigenvalue weighted by molar-refractivity contribution is 5.70. The number of carboxylic acids is 1. The van der Waals surface area contributed by atoms with Crippen LogP contribution in [-0.4, -0.2) is 25.3 Å². The lowest BCUT2D eigenvalue weighted by Crippen LogP contribution is -2.13. The zero-order chi connectivity index (χ0) is 13.0. The number of hydrogen-bond acceptors (Lipinski definition) is 3. The van der Waals surface area contributed by atoms with Crippen LogP contribution in [0, 0.1) is 12.8 Å². The molecule has 1 rings (SSSR count). The molecular weight excluding hydrogens is 220 g/mol. The molecule has 0 amide bonds. The molecule has 0 aromatic heterocycles. The van der Waals surface area contributed by atoms with Gasteiger partial charge < -0.3 is 14.6 Å². The molecule has 0 aliphatic heterocycles. The SMILES string of the molecule is COc1cc(C)cc(OC)c1CC(C)C(=O)O. The molecule has 94 valence electrons. The highest BCUT2D eigenvalue weighted by Gasteiger charge is 2.18. The van der Waals surface area contributed by atoms with Gasteiger partial charge in [-0.3, -0.25) is 4.79 Å². The predicted molar refractivity (Wildman–Crippen MR) is 64.8 cm³/mol. The molecular formula is C13H18O4. The van der Waals surface area contributed by atoms with Crippen LogP contribution in [0.15, 0.2) is 12.1 Å². The van der Waals surface area contributed by atoms with Crippen LogP contribution in [0.25, 0.3) is 0 Å². The van der Waals surface area contributed by atoms with E-state index in [9.17, 15) is 4.79 Å². The van der Waals surface area contributed by atoms with E-state index in [4.69, 9.17) is 14.6 Å². The Bertz CT molecular complexity index is 387. The lowest BCUT2D eigenvalue weighted by Gasteiger charge is -2.16. The van der Waals surface area contributed by atoms with E-state index in [0.29, 0.717) is 17.9 Å². The first kappa shape index (κ1) is 13.4. The van der Waals surface area contributed by atoms with Crippen LogP contribution in [0.4, 0.5) is 0 Å². The summed E-state index contributed by atoms with van der Waals surface area (Å²) in [4.78, 5) is 10.9. The van der Waals surface area contributed by atoms with Gasteiger partial charge in [0.2, 0.25) is 0 Å². The quantitative estimate of drug-likeness (QED) is 0.855. The van der Waals surface area contributed by atoms with Crippen LogP contribution < -0.4 is 9.47 Å². The van der Waals surface area contributed by atoms with E-state index in [2.05, 4.69) is 0 Å². The molecule has 0 saturated heterocycles. The molecule has 0 bridgehead atoms. The first-order valence-electron chi connectivity index (χ1n) is 5.44. The summed E-state index contributed by atoms with van der Waals surface area (Å²) in [6.45, 7) is 3.61. The predicted octanol–water partition coefficient (Wildman–Crippen LogP) is 2.28. The van der Waals surface area contributed by atoms with Crippen molar-refractivity contribution in [3.63, 3.8) is 0 Å². The Kier molecular flexibility index (Phi) is 4.37. The fraction of sp³-hybridized carbons (Fsp3) is 0.462. The van der Waals surface area contributed by atoms with E-state index in [1.165, 1.54) is 0 Å². The van der Waals surface area contributed by atoms with Gasteiger partial charge in [-0.05, 0) is 31.0 Å². The van der Waals surface area contributed by atoms with Gasteiger partial charge in [0.15, 0.2) is 0 Å². The smallest absolute Gasteiger partial charge is 0.306 e. The highest BCUT2D eigenvalue weighted by Crippen LogP contribution is 2.32. The van der Waals surface area contributed by atoms with Crippen LogP contribution >= 0.6 is 0 Å². The Balaban J connectivity index is 3.15. The van der Waals surface area contributed by atoms with Gasteiger partial charge in [-0.15, -0.1) is 0 Å². The summed E-state index contributed by atoms with van der Waals surface area (Å²) >= 11 is 0. The topological polar surface area (TPSA) is 55.8 Å². The monoisotopic (exact) mass is 238 g/mol. The first-order valence-corrected chi connectivity index (χ1v) is 5.44. The maximum atomic E-state index is 10.9. The average molecular weight is 238 g/mol. The van der Waals surface area contributed by atoms with Crippen molar-refractivity contribution < 1.29 is 19.4 Å². The van der Waals surface area contributed by atoms with E-state index in [1.54, 1.807) is 21.1 Å². The third kappa shape index (κ3) is 3.12. The molecule has 17 heavy (non-hydrogen) atoms. The normalized spacial score (nSPS) is 12.0. The molecule has 1 unspecified atom stereocenters. The zero-order valence-corrected chi connectivity index (χ0v) is 10.6. The number of aryl methyl sites for hydroxylation is 1. The minimum absolute atomic E-state index is 0.391. The zero-order valence-electron chi connectivity index (χ0n) is 10.6. The van der Waals surface area contributed by atoms with Crippen molar-refractivity contribution in [3.05, 3.63) is 23.3 Å². The summed E-state index contributed by atoms with van der Waals surface area (Å²) in [5.41, 5.74) is 1.82. The molecule has 0 radical (unpaired) electrons. The number of carbonyl (C=O) groups is 1. The fourth-order valence-electron chi connectivity index (χ4n) is 1.71. The van der Waals surface area contributed by atoms with Gasteiger partial charge in [-0.2, -0.15) is 0 Å². The maximum Gasteiger partial charge on any atom is 0.306 e. The van der Waals surface area contributed by atoms with Gasteiger partial charge in [-0.25, -0.2) is 0 Å². The van der Waals surface area contributed by atoms with E-state index < -0.39 is 11.9 Å². The van der Waals surface area contributed by atoms with Crippen molar-refractivity contribution in [1.82, 2.24) is 0 Å². The maximum absolute atomic E-state index is 10.9. The molecule has 4 nitrogen and oxygen atoms in total. The number of ether oxygens (including phenoxy) is 2. The molecule has 0 fully saturated rings. The minimum Gasteiger partial charge on any atom is -0.496 e. The first-order chi connectivity index (χ1) is 7.99. The van der Waals surface area contributed by atoms with Gasteiger partial charge in [0.05, 0.1) is 20.1 Å². The van der Waals surface area contributed by atoms with Crippen molar-refractivity contribution in [3.8, 4) is 11.5 Å². The third-order valence-corrected chi connectivity index (χ3v) is 2.68. The standard InChI is InChI=1S/C13H18O4/c1-8-5-11(16-3)10(12(6-8)17-4)7-9(2)13(14)15/h5-6,9H,7H2,1-4H3,(H,14,15). The molecule has 1 N–H and O–H groups in total. The van der Waals surface area contributed by atoms with Crippen LogP contribution in [0.2, 0.25) is 0 Å². The molecule has 0 spiro atoms. The Labute approximate surface area is 101 Å². The molecule has 0 aliphatic carbocycles. The van der Waals surface area contributed by atoms with Gasteiger partial charge in [0.1, 0.15) is 11.5 Å². The van der Waals surface area contributed by atoms with E-state index >= 15 is 0 Å². The van der Waals surface area contributed by atoms with Crippen molar-refractivity contribution in [2.75, 3.05) is 14.2 Å². The number of carboxylic acid groups (broad SMARTS) is 1. The van der Waals surface area contributed by atoms with Crippen molar-refractivity contribution in [2.45, 2.75) is 20.3 Å². The average Bonchev–Trinajstić information content (AvgIpc) is 2.30. The van der Waals surface area contributed by atoms with Crippen LogP contribution in [0.5, 0.6) is 11.5 Å². The summed E-state index contributed by atoms with van der Waals surface area (Å²) in [6, 6.07) is 3.76. The fourth-order valence-corrected chi connectivity index (χ4v) is 1.71. The van der Waals surface area contributed by atoms with Crippen molar-refractivity contribution in [1.29, 1.82) is 0 Å². The molecule has 0 heterocycles. The van der Waals surface area contributed by atoms with Gasteiger partial charge >= 0.3 is 5.97 Å². The summed E-state index contributed by atoms with van der Waals surface area (Å²) in [5, 5.41) is 8.94.